The van der Waals surface area contributed by atoms with Crippen LogP contribution in [0.1, 0.15) is 80.6 Å². The molecule has 1 aliphatic carbocycles. The molecule has 0 aliphatic heterocycles. The maximum absolute atomic E-state index is 2.61. The third kappa shape index (κ3) is 3.39. The molecule has 18 heavy (non-hydrogen) atoms. The summed E-state index contributed by atoms with van der Waals surface area (Å²) < 4.78 is 0. The zero-order chi connectivity index (χ0) is 14.0. The highest BCUT2D eigenvalue weighted by Crippen LogP contribution is 2.61. The van der Waals surface area contributed by atoms with Crippen molar-refractivity contribution in [3.63, 3.8) is 0 Å². The van der Waals surface area contributed by atoms with E-state index in [-0.39, 0.29) is 0 Å². The van der Waals surface area contributed by atoms with E-state index in [0.29, 0.717) is 10.8 Å². The minimum atomic E-state index is 0.419. The Hall–Kier alpha value is -0.260. The Kier molecular flexibility index (Phi) is 5.09. The fraction of sp³-hybridized carbons (Fsp3) is 0.889. The second-order valence-corrected chi connectivity index (χ2v) is 7.41. The summed E-state index contributed by atoms with van der Waals surface area (Å²) in [5.41, 5.74) is 2.59. The Morgan fingerprint density at radius 3 is 2.22 bits per heavy atom. The Morgan fingerprint density at radius 2 is 1.89 bits per heavy atom. The Labute approximate surface area is 115 Å². The summed E-state index contributed by atoms with van der Waals surface area (Å²) in [7, 11) is 0. The van der Waals surface area contributed by atoms with E-state index in [1.807, 2.05) is 0 Å². The molecule has 1 aliphatic rings. The second-order valence-electron chi connectivity index (χ2n) is 7.41. The molecule has 3 unspecified atom stereocenters. The van der Waals surface area contributed by atoms with Crippen LogP contribution in [-0.2, 0) is 0 Å². The van der Waals surface area contributed by atoms with Crippen LogP contribution in [-0.4, -0.2) is 0 Å². The lowest BCUT2D eigenvalue weighted by molar-refractivity contribution is 0.180. The number of rotatable bonds is 7. The predicted octanol–water partition coefficient (Wildman–Crippen LogP) is 6.22. The van der Waals surface area contributed by atoms with Gasteiger partial charge in [-0.1, -0.05) is 66.0 Å². The summed E-state index contributed by atoms with van der Waals surface area (Å²) in [6.45, 7) is 16.7. The molecule has 106 valence electrons. The fourth-order valence-electron chi connectivity index (χ4n) is 3.97. The molecule has 1 rings (SSSR count). The standard InChI is InChI=1S/C18H34/c1-8-11-18(7,12-14(4)9-2)15(10-3)16-13-17(16,5)6/h12,15-16H,8-11,13H2,1-7H3. The van der Waals surface area contributed by atoms with Gasteiger partial charge in [-0.3, -0.25) is 0 Å². The molecule has 0 heteroatoms. The summed E-state index contributed by atoms with van der Waals surface area (Å²) >= 11 is 0. The van der Waals surface area contributed by atoms with E-state index in [0.717, 1.165) is 11.8 Å². The number of hydrogen-bond acceptors (Lipinski definition) is 0. The Balaban J connectivity index is 2.94. The maximum Gasteiger partial charge on any atom is -0.0113 e. The molecular weight excluding hydrogens is 216 g/mol. The second kappa shape index (κ2) is 5.80. The van der Waals surface area contributed by atoms with E-state index in [2.05, 4.69) is 54.5 Å². The molecule has 3 atom stereocenters. The first-order chi connectivity index (χ1) is 8.30. The van der Waals surface area contributed by atoms with Crippen molar-refractivity contribution in [3.8, 4) is 0 Å². The van der Waals surface area contributed by atoms with E-state index >= 15 is 0 Å². The average Bonchev–Trinajstić information content (AvgIpc) is 2.88. The van der Waals surface area contributed by atoms with E-state index in [9.17, 15) is 0 Å². The van der Waals surface area contributed by atoms with Crippen molar-refractivity contribution in [3.05, 3.63) is 11.6 Å². The van der Waals surface area contributed by atoms with E-state index in [4.69, 9.17) is 0 Å². The largest absolute Gasteiger partial charge is 0.0794 e. The molecular formula is C18H34. The van der Waals surface area contributed by atoms with Crippen molar-refractivity contribution in [2.45, 2.75) is 80.6 Å². The van der Waals surface area contributed by atoms with Crippen molar-refractivity contribution in [1.82, 2.24) is 0 Å². The van der Waals surface area contributed by atoms with Gasteiger partial charge in [-0.2, -0.15) is 0 Å². The van der Waals surface area contributed by atoms with Gasteiger partial charge in [-0.25, -0.2) is 0 Å². The van der Waals surface area contributed by atoms with Crippen LogP contribution in [0.4, 0.5) is 0 Å². The summed E-state index contributed by atoms with van der Waals surface area (Å²) in [6.07, 6.45) is 9.22. The molecule has 0 heterocycles. The molecule has 0 nitrogen and oxygen atoms in total. The Morgan fingerprint density at radius 1 is 1.33 bits per heavy atom. The molecule has 0 N–H and O–H groups in total. The molecule has 1 fully saturated rings. The first kappa shape index (κ1) is 15.8. The molecule has 0 bridgehead atoms. The monoisotopic (exact) mass is 250 g/mol. The molecule has 0 saturated heterocycles. The normalized spacial score (nSPS) is 27.7. The molecule has 1 saturated carbocycles. The van der Waals surface area contributed by atoms with Gasteiger partial charge in [0.05, 0.1) is 0 Å². The van der Waals surface area contributed by atoms with Crippen LogP contribution in [0.3, 0.4) is 0 Å². The highest BCUT2D eigenvalue weighted by molar-refractivity contribution is 5.12. The summed E-state index contributed by atoms with van der Waals surface area (Å²) in [6, 6.07) is 0. The van der Waals surface area contributed by atoms with Crippen LogP contribution in [0.2, 0.25) is 0 Å². The zero-order valence-corrected chi connectivity index (χ0v) is 13.8. The van der Waals surface area contributed by atoms with Crippen molar-refractivity contribution in [1.29, 1.82) is 0 Å². The highest BCUT2D eigenvalue weighted by Gasteiger charge is 2.53. The average molecular weight is 250 g/mol. The van der Waals surface area contributed by atoms with Gasteiger partial charge in [0.1, 0.15) is 0 Å². The number of hydrogen-bond donors (Lipinski definition) is 0. The SMILES string of the molecule is CCCC(C)(C=C(C)CC)C(CC)C1CC1(C)C. The van der Waals surface area contributed by atoms with Gasteiger partial charge in [0.15, 0.2) is 0 Å². The van der Waals surface area contributed by atoms with E-state index in [1.54, 1.807) is 5.57 Å². The van der Waals surface area contributed by atoms with Gasteiger partial charge < -0.3 is 0 Å². The summed E-state index contributed by atoms with van der Waals surface area (Å²) in [5, 5.41) is 0. The smallest absolute Gasteiger partial charge is 0.0113 e. The van der Waals surface area contributed by atoms with Crippen LogP contribution >= 0.6 is 0 Å². The maximum atomic E-state index is 2.61. The highest BCUT2D eigenvalue weighted by atomic mass is 14.6. The summed E-state index contributed by atoms with van der Waals surface area (Å²) in [5.74, 6) is 1.81. The number of allylic oxidation sites excluding steroid dienone is 2. The quantitative estimate of drug-likeness (QED) is 0.470. The fourth-order valence-corrected chi connectivity index (χ4v) is 3.97. The van der Waals surface area contributed by atoms with Crippen molar-refractivity contribution < 1.29 is 0 Å². The van der Waals surface area contributed by atoms with Crippen LogP contribution < -0.4 is 0 Å². The molecule has 0 radical (unpaired) electrons. The van der Waals surface area contributed by atoms with Crippen molar-refractivity contribution in [2.75, 3.05) is 0 Å². The first-order valence-electron chi connectivity index (χ1n) is 7.99. The van der Waals surface area contributed by atoms with Gasteiger partial charge in [0.25, 0.3) is 0 Å². The van der Waals surface area contributed by atoms with Gasteiger partial charge in [-0.15, -0.1) is 0 Å². The van der Waals surface area contributed by atoms with E-state index < -0.39 is 0 Å². The van der Waals surface area contributed by atoms with Gasteiger partial charge in [0, 0.05) is 0 Å². The van der Waals surface area contributed by atoms with Gasteiger partial charge in [-0.05, 0) is 48.9 Å². The van der Waals surface area contributed by atoms with Gasteiger partial charge >= 0.3 is 0 Å². The van der Waals surface area contributed by atoms with E-state index in [1.165, 1.54) is 32.1 Å². The van der Waals surface area contributed by atoms with Gasteiger partial charge in [0.2, 0.25) is 0 Å². The van der Waals surface area contributed by atoms with Crippen molar-refractivity contribution >= 4 is 0 Å². The Bertz CT molecular complexity index is 297. The minimum Gasteiger partial charge on any atom is -0.0794 e. The molecule has 0 aromatic rings. The topological polar surface area (TPSA) is 0 Å². The third-order valence-electron chi connectivity index (χ3n) is 5.28. The molecule has 0 amide bonds. The third-order valence-corrected chi connectivity index (χ3v) is 5.28. The lowest BCUT2D eigenvalue weighted by Gasteiger charge is -2.37. The van der Waals surface area contributed by atoms with Crippen LogP contribution in [0.15, 0.2) is 11.6 Å². The molecule has 0 aromatic carbocycles. The minimum absolute atomic E-state index is 0.419. The zero-order valence-electron chi connectivity index (χ0n) is 13.8. The van der Waals surface area contributed by atoms with Crippen LogP contribution in [0.5, 0.6) is 0 Å². The van der Waals surface area contributed by atoms with Crippen molar-refractivity contribution in [2.24, 2.45) is 22.7 Å². The van der Waals surface area contributed by atoms with Crippen LogP contribution in [0, 0.1) is 22.7 Å². The molecule has 0 spiro atoms. The predicted molar refractivity (Wildman–Crippen MR) is 82.7 cm³/mol. The molecule has 0 aromatic heterocycles. The lowest BCUT2D eigenvalue weighted by atomic mass is 9.68. The first-order valence-corrected chi connectivity index (χ1v) is 7.99. The summed E-state index contributed by atoms with van der Waals surface area (Å²) in [4.78, 5) is 0. The van der Waals surface area contributed by atoms with Crippen LogP contribution in [0.25, 0.3) is 0 Å². The lowest BCUT2D eigenvalue weighted by Crippen LogP contribution is -2.28.